The number of allylic oxidation sites excluding steroid dienone is 4. The van der Waals surface area contributed by atoms with E-state index in [9.17, 15) is 0 Å². The molecule has 4 atom stereocenters. The minimum absolute atomic E-state index is 0.0763. The van der Waals surface area contributed by atoms with Crippen LogP contribution in [0.1, 0.15) is 87.5 Å². The monoisotopic (exact) mass is 481 g/mol. The third-order valence-electron chi connectivity index (χ3n) is 11.2. The predicted molar refractivity (Wildman–Crippen MR) is 141 cm³/mol. The average Bonchev–Trinajstić information content (AvgIpc) is 3.49. The molecule has 0 spiro atoms. The van der Waals surface area contributed by atoms with Crippen LogP contribution in [0.15, 0.2) is 23.3 Å². The number of rotatable bonds is 3. The van der Waals surface area contributed by atoms with Crippen molar-refractivity contribution in [2.75, 3.05) is 13.1 Å². The first-order valence-electron chi connectivity index (χ1n) is 14.2. The van der Waals surface area contributed by atoms with Gasteiger partial charge in [-0.3, -0.25) is 0 Å². The summed E-state index contributed by atoms with van der Waals surface area (Å²) in [5, 5.41) is 0. The van der Waals surface area contributed by atoms with Gasteiger partial charge in [0.05, 0.1) is 22.4 Å². The Hall–Kier alpha value is -0.750. The Bertz CT molecular complexity index is 901. The summed E-state index contributed by atoms with van der Waals surface area (Å²) in [4.78, 5) is 2.69. The first-order valence-corrected chi connectivity index (χ1v) is 14.2. The highest BCUT2D eigenvalue weighted by Gasteiger charge is 2.59. The van der Waals surface area contributed by atoms with Crippen molar-refractivity contribution in [1.29, 1.82) is 0 Å². The molecule has 0 aromatic heterocycles. The summed E-state index contributed by atoms with van der Waals surface area (Å²) in [5.74, 6) is 3.26. The van der Waals surface area contributed by atoms with E-state index in [1.807, 2.05) is 0 Å². The van der Waals surface area contributed by atoms with Crippen LogP contribution < -0.4 is 0 Å². The molecule has 3 aliphatic carbocycles. The molecule has 5 fully saturated rings. The Morgan fingerprint density at radius 2 is 1.20 bits per heavy atom. The second kappa shape index (κ2) is 7.88. The normalized spacial score (nSPS) is 39.1. The highest BCUT2D eigenvalue weighted by Crippen LogP contribution is 2.60. The van der Waals surface area contributed by atoms with Crippen molar-refractivity contribution in [3.8, 4) is 0 Å². The lowest BCUT2D eigenvalue weighted by Crippen LogP contribution is -2.43. The Kier molecular flexibility index (Phi) is 5.53. The summed E-state index contributed by atoms with van der Waals surface area (Å²) in [7, 11) is -0.286. The summed E-state index contributed by atoms with van der Waals surface area (Å²) in [6, 6.07) is 0. The number of hydrogen-bond donors (Lipinski definition) is 0. The van der Waals surface area contributed by atoms with Crippen molar-refractivity contribution in [3.63, 3.8) is 0 Å². The van der Waals surface area contributed by atoms with Crippen LogP contribution >= 0.6 is 0 Å². The van der Waals surface area contributed by atoms with Gasteiger partial charge in [-0.05, 0) is 123 Å². The molecule has 35 heavy (non-hydrogen) atoms. The summed E-state index contributed by atoms with van der Waals surface area (Å²) in [6.45, 7) is 19.5. The number of fused-ring (bicyclic) bond motifs is 5. The van der Waals surface area contributed by atoms with Crippen molar-refractivity contribution in [1.82, 2.24) is 4.90 Å². The molecule has 6 rings (SSSR count). The number of nitrogens with zero attached hydrogens (tertiary/aromatic N) is 1. The van der Waals surface area contributed by atoms with Crippen molar-refractivity contribution >= 4 is 14.2 Å². The van der Waals surface area contributed by atoms with Gasteiger partial charge < -0.3 is 23.5 Å². The van der Waals surface area contributed by atoms with Gasteiger partial charge in [0.15, 0.2) is 0 Å². The molecule has 0 radical (unpaired) electrons. The van der Waals surface area contributed by atoms with Crippen LogP contribution in [-0.4, -0.2) is 54.6 Å². The zero-order chi connectivity index (χ0) is 25.0. The number of hydrogen-bond acceptors (Lipinski definition) is 5. The molecule has 7 heteroatoms. The summed E-state index contributed by atoms with van der Waals surface area (Å²) < 4.78 is 25.9. The van der Waals surface area contributed by atoms with Crippen LogP contribution in [0.5, 0.6) is 0 Å². The van der Waals surface area contributed by atoms with E-state index >= 15 is 0 Å². The predicted octanol–water partition coefficient (Wildman–Crippen LogP) is 5.66. The Balaban J connectivity index is 1.19. The topological polar surface area (TPSA) is 40.2 Å². The molecular formula is C28H45B2NO4. The molecule has 5 nitrogen and oxygen atoms in total. The van der Waals surface area contributed by atoms with E-state index in [1.165, 1.54) is 24.7 Å². The molecule has 3 heterocycles. The molecular weight excluding hydrogens is 436 g/mol. The molecule has 4 unspecified atom stereocenters. The number of piperidine rings is 1. The molecule has 0 amide bonds. The van der Waals surface area contributed by atoms with E-state index in [1.54, 1.807) is 5.70 Å². The molecule has 3 aliphatic heterocycles. The average molecular weight is 481 g/mol. The molecule has 192 valence electrons. The van der Waals surface area contributed by atoms with E-state index in [2.05, 4.69) is 72.4 Å². The lowest BCUT2D eigenvalue weighted by Gasteiger charge is -2.44. The smallest absolute Gasteiger partial charge is 0.403 e. The lowest BCUT2D eigenvalue weighted by molar-refractivity contribution is 0.00578. The van der Waals surface area contributed by atoms with Crippen LogP contribution in [-0.2, 0) is 18.6 Å². The first-order chi connectivity index (χ1) is 16.3. The minimum atomic E-state index is -0.287. The summed E-state index contributed by atoms with van der Waals surface area (Å²) >= 11 is 0. The summed E-state index contributed by atoms with van der Waals surface area (Å²) in [6.07, 6.45) is 11.2. The van der Waals surface area contributed by atoms with Gasteiger partial charge in [-0.15, -0.1) is 0 Å². The van der Waals surface area contributed by atoms with Crippen molar-refractivity contribution < 1.29 is 18.6 Å². The van der Waals surface area contributed by atoms with Gasteiger partial charge in [0.25, 0.3) is 0 Å². The van der Waals surface area contributed by atoms with Gasteiger partial charge in [0.1, 0.15) is 0 Å². The fourth-order valence-electron chi connectivity index (χ4n) is 7.64. The maximum Gasteiger partial charge on any atom is 0.490 e. The van der Waals surface area contributed by atoms with Crippen LogP contribution in [0, 0.1) is 23.7 Å². The maximum absolute atomic E-state index is 6.54. The van der Waals surface area contributed by atoms with E-state index in [-0.39, 0.29) is 36.6 Å². The third kappa shape index (κ3) is 3.73. The van der Waals surface area contributed by atoms with Gasteiger partial charge in [-0.1, -0.05) is 6.08 Å². The molecule has 0 aromatic carbocycles. The van der Waals surface area contributed by atoms with Gasteiger partial charge in [-0.2, -0.15) is 0 Å². The first kappa shape index (κ1) is 24.6. The fraction of sp³-hybridized carbons (Fsp3) is 0.857. The van der Waals surface area contributed by atoms with Crippen LogP contribution in [0.2, 0.25) is 5.82 Å². The van der Waals surface area contributed by atoms with E-state index < -0.39 is 0 Å². The van der Waals surface area contributed by atoms with Crippen molar-refractivity contribution in [2.24, 2.45) is 23.7 Å². The lowest BCUT2D eigenvalue weighted by atomic mass is 9.59. The second-order valence-electron chi connectivity index (χ2n) is 14.2. The standard InChI is InChI=1S/C28H45B2NO4/c1-25(2)26(3,4)33-29(32-25)20-13-15-31(16-14-20)22-12-11-21(23-18-9-10-19(17-18)24(22)23)30-34-27(5,6)28(7,8)35-30/h11-12,18-20,23-24H,9-10,13-17H2,1-8H3. The summed E-state index contributed by atoms with van der Waals surface area (Å²) in [5.41, 5.74) is 1.92. The molecule has 6 aliphatic rings. The van der Waals surface area contributed by atoms with Gasteiger partial charge in [0.2, 0.25) is 0 Å². The quantitative estimate of drug-likeness (QED) is 0.487. The minimum Gasteiger partial charge on any atom is -0.403 e. The second-order valence-corrected chi connectivity index (χ2v) is 14.2. The molecule has 2 bridgehead atoms. The zero-order valence-corrected chi connectivity index (χ0v) is 23.2. The largest absolute Gasteiger partial charge is 0.490 e. The van der Waals surface area contributed by atoms with E-state index in [4.69, 9.17) is 18.6 Å². The SMILES string of the molecule is CC1(C)OB(C2=CC=C(N3CCC(B4OC(C)(C)C(C)(C)O4)CC3)C3C4CCC(C4)C23)OC1(C)C. The van der Waals surface area contributed by atoms with Crippen molar-refractivity contribution in [3.05, 3.63) is 23.3 Å². The van der Waals surface area contributed by atoms with E-state index in [0.717, 1.165) is 37.8 Å². The molecule has 3 saturated heterocycles. The molecule has 0 aromatic rings. The van der Waals surface area contributed by atoms with Gasteiger partial charge in [0, 0.05) is 24.7 Å². The Morgan fingerprint density at radius 3 is 1.77 bits per heavy atom. The molecule has 0 N–H and O–H groups in total. The van der Waals surface area contributed by atoms with Crippen LogP contribution in [0.4, 0.5) is 0 Å². The highest BCUT2D eigenvalue weighted by molar-refractivity contribution is 6.55. The maximum atomic E-state index is 6.54. The number of likely N-dealkylation sites (tertiary alicyclic amines) is 1. The van der Waals surface area contributed by atoms with Crippen LogP contribution in [0.25, 0.3) is 0 Å². The van der Waals surface area contributed by atoms with E-state index in [0.29, 0.717) is 17.7 Å². The van der Waals surface area contributed by atoms with Crippen LogP contribution in [0.3, 0.4) is 0 Å². The Labute approximate surface area is 213 Å². The molecule has 2 saturated carbocycles. The third-order valence-corrected chi connectivity index (χ3v) is 11.2. The van der Waals surface area contributed by atoms with Crippen molar-refractivity contribution in [2.45, 2.75) is 116 Å². The zero-order valence-electron chi connectivity index (χ0n) is 23.2. The highest BCUT2D eigenvalue weighted by atomic mass is 16.7. The van der Waals surface area contributed by atoms with Gasteiger partial charge in [-0.25, -0.2) is 0 Å². The Morgan fingerprint density at radius 1 is 0.686 bits per heavy atom. The fourth-order valence-corrected chi connectivity index (χ4v) is 7.64. The van der Waals surface area contributed by atoms with Gasteiger partial charge >= 0.3 is 14.2 Å².